The van der Waals surface area contributed by atoms with Crippen LogP contribution in [0, 0.1) is 0 Å². The molecule has 0 aliphatic heterocycles. The van der Waals surface area contributed by atoms with Gasteiger partial charge in [-0.05, 0) is 35.4 Å². The number of benzene rings is 3. The number of hydrogen-bond acceptors (Lipinski definition) is 5. The lowest BCUT2D eigenvalue weighted by Crippen LogP contribution is -2.23. The van der Waals surface area contributed by atoms with E-state index in [-0.39, 0.29) is 5.91 Å². The van der Waals surface area contributed by atoms with Gasteiger partial charge < -0.3 is 10.1 Å². The fourth-order valence-electron chi connectivity index (χ4n) is 2.95. The number of carbonyl (C=O) groups is 1. The maximum absolute atomic E-state index is 12.8. The average molecular weight is 447 g/mol. The SMILES string of the molecule is O=C(NCc1ccc(COc2ccccc2)cc1)c1ccccc1SCc1cscn1. The third-order valence-corrected chi connectivity index (χ3v) is 6.36. The molecule has 0 spiro atoms. The van der Waals surface area contributed by atoms with Crippen molar-refractivity contribution in [1.29, 1.82) is 0 Å². The van der Waals surface area contributed by atoms with Gasteiger partial charge in [0.25, 0.3) is 5.91 Å². The van der Waals surface area contributed by atoms with Crippen molar-refractivity contribution < 1.29 is 9.53 Å². The number of hydrogen-bond donors (Lipinski definition) is 1. The van der Waals surface area contributed by atoms with E-state index in [0.717, 1.165) is 33.2 Å². The van der Waals surface area contributed by atoms with Gasteiger partial charge in [-0.1, -0.05) is 54.6 Å². The molecule has 4 nitrogen and oxygen atoms in total. The Kier molecular flexibility index (Phi) is 7.37. The van der Waals surface area contributed by atoms with E-state index in [1.807, 2.05) is 89.8 Å². The highest BCUT2D eigenvalue weighted by atomic mass is 32.2. The van der Waals surface area contributed by atoms with Crippen LogP contribution in [0.3, 0.4) is 0 Å². The fourth-order valence-corrected chi connectivity index (χ4v) is 4.57. The molecule has 6 heteroatoms. The first-order chi connectivity index (χ1) is 15.3. The summed E-state index contributed by atoms with van der Waals surface area (Å²) in [5, 5.41) is 5.06. The van der Waals surface area contributed by atoms with E-state index >= 15 is 0 Å². The average Bonchev–Trinajstić information content (AvgIpc) is 3.35. The second-order valence-corrected chi connectivity index (χ2v) is 8.60. The molecular formula is C25H22N2O2S2. The summed E-state index contributed by atoms with van der Waals surface area (Å²) < 4.78 is 5.77. The van der Waals surface area contributed by atoms with Crippen LogP contribution in [0.1, 0.15) is 27.2 Å². The Labute approximate surface area is 190 Å². The van der Waals surface area contributed by atoms with Gasteiger partial charge in [0.2, 0.25) is 0 Å². The highest BCUT2D eigenvalue weighted by Gasteiger charge is 2.11. The second-order valence-electron chi connectivity index (χ2n) is 6.87. The molecule has 0 radical (unpaired) electrons. The number of thiazole rings is 1. The van der Waals surface area contributed by atoms with Gasteiger partial charge in [-0.3, -0.25) is 4.79 Å². The Morgan fingerprint density at radius 1 is 0.935 bits per heavy atom. The number of nitrogens with one attached hydrogen (secondary N) is 1. The smallest absolute Gasteiger partial charge is 0.252 e. The van der Waals surface area contributed by atoms with Crippen LogP contribution in [0.25, 0.3) is 0 Å². The van der Waals surface area contributed by atoms with Crippen LogP contribution in [0.5, 0.6) is 5.75 Å². The zero-order valence-corrected chi connectivity index (χ0v) is 18.5. The highest BCUT2D eigenvalue weighted by molar-refractivity contribution is 7.98. The van der Waals surface area contributed by atoms with E-state index in [9.17, 15) is 4.79 Å². The van der Waals surface area contributed by atoms with Crippen LogP contribution in [0.2, 0.25) is 0 Å². The van der Waals surface area contributed by atoms with E-state index in [2.05, 4.69) is 10.3 Å². The lowest BCUT2D eigenvalue weighted by atomic mass is 10.1. The molecule has 0 aliphatic carbocycles. The summed E-state index contributed by atoms with van der Waals surface area (Å²) >= 11 is 3.21. The molecule has 0 atom stereocenters. The first kappa shape index (κ1) is 21.2. The first-order valence-corrected chi connectivity index (χ1v) is 11.8. The minimum Gasteiger partial charge on any atom is -0.489 e. The van der Waals surface area contributed by atoms with Crippen LogP contribution in [-0.2, 0) is 18.9 Å². The largest absolute Gasteiger partial charge is 0.489 e. The topological polar surface area (TPSA) is 51.2 Å². The molecule has 4 aromatic rings. The van der Waals surface area contributed by atoms with Crippen molar-refractivity contribution in [2.45, 2.75) is 23.8 Å². The van der Waals surface area contributed by atoms with Gasteiger partial charge in [-0.25, -0.2) is 4.98 Å². The van der Waals surface area contributed by atoms with Crippen molar-refractivity contribution in [2.75, 3.05) is 0 Å². The summed E-state index contributed by atoms with van der Waals surface area (Å²) in [7, 11) is 0. The molecular weight excluding hydrogens is 424 g/mol. The van der Waals surface area contributed by atoms with Gasteiger partial charge in [-0.15, -0.1) is 23.1 Å². The molecule has 1 amide bonds. The predicted octanol–water partition coefficient (Wildman–Crippen LogP) is 5.94. The molecule has 0 fully saturated rings. The van der Waals surface area contributed by atoms with Crippen LogP contribution in [0.15, 0.2) is 94.6 Å². The molecule has 156 valence electrons. The Hall–Kier alpha value is -3.09. The number of nitrogens with zero attached hydrogens (tertiary/aromatic N) is 1. The van der Waals surface area contributed by atoms with Gasteiger partial charge >= 0.3 is 0 Å². The normalized spacial score (nSPS) is 10.6. The maximum atomic E-state index is 12.8. The molecule has 1 N–H and O–H groups in total. The third-order valence-electron chi connectivity index (χ3n) is 4.62. The molecule has 3 aromatic carbocycles. The maximum Gasteiger partial charge on any atom is 0.252 e. The van der Waals surface area contributed by atoms with Gasteiger partial charge in [0, 0.05) is 22.6 Å². The molecule has 0 bridgehead atoms. The summed E-state index contributed by atoms with van der Waals surface area (Å²) in [6.45, 7) is 0.990. The fraction of sp³-hybridized carbons (Fsp3) is 0.120. The van der Waals surface area contributed by atoms with Crippen LogP contribution >= 0.6 is 23.1 Å². The number of carbonyl (C=O) groups excluding carboxylic acids is 1. The quantitative estimate of drug-likeness (QED) is 0.323. The molecule has 0 saturated carbocycles. The molecule has 1 heterocycles. The van der Waals surface area contributed by atoms with E-state index < -0.39 is 0 Å². The summed E-state index contributed by atoms with van der Waals surface area (Å²) in [4.78, 5) is 18.0. The van der Waals surface area contributed by atoms with Crippen LogP contribution < -0.4 is 10.1 Å². The number of amides is 1. The molecule has 4 rings (SSSR count). The van der Waals surface area contributed by atoms with Crippen molar-refractivity contribution in [1.82, 2.24) is 10.3 Å². The van der Waals surface area contributed by atoms with Crippen LogP contribution in [-0.4, -0.2) is 10.9 Å². The lowest BCUT2D eigenvalue weighted by molar-refractivity contribution is 0.0948. The molecule has 0 unspecified atom stereocenters. The van der Waals surface area contributed by atoms with E-state index in [1.165, 1.54) is 0 Å². The number of aromatic nitrogens is 1. The van der Waals surface area contributed by atoms with Crippen LogP contribution in [0.4, 0.5) is 0 Å². The summed E-state index contributed by atoms with van der Waals surface area (Å²) in [5.41, 5.74) is 5.68. The lowest BCUT2D eigenvalue weighted by Gasteiger charge is -2.10. The monoisotopic (exact) mass is 446 g/mol. The van der Waals surface area contributed by atoms with Crippen molar-refractivity contribution in [3.63, 3.8) is 0 Å². The summed E-state index contributed by atoms with van der Waals surface area (Å²) in [6, 6.07) is 25.6. The van der Waals surface area contributed by atoms with Gasteiger partial charge in [0.1, 0.15) is 12.4 Å². The zero-order chi connectivity index (χ0) is 21.3. The van der Waals surface area contributed by atoms with Gasteiger partial charge in [-0.2, -0.15) is 0 Å². The molecule has 0 aliphatic rings. The Balaban J connectivity index is 1.30. The summed E-state index contributed by atoms with van der Waals surface area (Å²) in [5.74, 6) is 1.53. The molecule has 0 saturated heterocycles. The van der Waals surface area contributed by atoms with Crippen molar-refractivity contribution in [3.05, 3.63) is 112 Å². The third kappa shape index (κ3) is 6.20. The van der Waals surface area contributed by atoms with Crippen molar-refractivity contribution >= 4 is 29.0 Å². The Bertz CT molecular complexity index is 1100. The van der Waals surface area contributed by atoms with Crippen molar-refractivity contribution in [3.8, 4) is 5.75 Å². The van der Waals surface area contributed by atoms with Gasteiger partial charge in [0.15, 0.2) is 0 Å². The molecule has 31 heavy (non-hydrogen) atoms. The van der Waals surface area contributed by atoms with Gasteiger partial charge in [0.05, 0.1) is 16.8 Å². The van der Waals surface area contributed by atoms with E-state index in [0.29, 0.717) is 18.7 Å². The van der Waals surface area contributed by atoms with E-state index in [1.54, 1.807) is 23.1 Å². The number of para-hydroxylation sites is 1. The minimum absolute atomic E-state index is 0.0714. The molecule has 1 aromatic heterocycles. The highest BCUT2D eigenvalue weighted by Crippen LogP contribution is 2.26. The van der Waals surface area contributed by atoms with Crippen molar-refractivity contribution in [2.24, 2.45) is 0 Å². The van der Waals surface area contributed by atoms with E-state index in [4.69, 9.17) is 4.74 Å². The minimum atomic E-state index is -0.0714. The number of rotatable bonds is 9. The standard InChI is InChI=1S/C25H22N2O2S2/c28-25(23-8-4-5-9-24(23)31-17-21-16-30-18-27-21)26-14-19-10-12-20(13-11-19)15-29-22-6-2-1-3-7-22/h1-13,16,18H,14-15,17H2,(H,26,28). The second kappa shape index (κ2) is 10.8. The number of thioether (sulfide) groups is 1. The number of ether oxygens (including phenoxy) is 1. The zero-order valence-electron chi connectivity index (χ0n) is 16.9. The first-order valence-electron chi connectivity index (χ1n) is 9.91. The summed E-state index contributed by atoms with van der Waals surface area (Å²) in [6.07, 6.45) is 0. The predicted molar refractivity (Wildman–Crippen MR) is 127 cm³/mol. The Morgan fingerprint density at radius 3 is 2.45 bits per heavy atom. The Morgan fingerprint density at radius 2 is 1.68 bits per heavy atom.